The number of fused-ring (bicyclic) bond motifs is 1. The fraction of sp³-hybridized carbons (Fsp3) is 0.160. The Bertz CT molecular complexity index is 1390. The fourth-order valence-corrected chi connectivity index (χ4v) is 3.73. The predicted molar refractivity (Wildman–Crippen MR) is 124 cm³/mol. The Morgan fingerprint density at radius 3 is 2.47 bits per heavy atom. The largest absolute Gasteiger partial charge is 0.493 e. The van der Waals surface area contributed by atoms with Crippen LogP contribution in [0.3, 0.4) is 0 Å². The number of aryl methyl sites for hydroxylation is 2. The van der Waals surface area contributed by atoms with E-state index in [-0.39, 0.29) is 11.5 Å². The summed E-state index contributed by atoms with van der Waals surface area (Å²) in [7, 11) is 3.01. The van der Waals surface area contributed by atoms with Crippen molar-refractivity contribution >= 4 is 22.5 Å². The highest BCUT2D eigenvalue weighted by Crippen LogP contribution is 2.31. The summed E-state index contributed by atoms with van der Waals surface area (Å²) in [6, 6.07) is 17.8. The first-order valence-electron chi connectivity index (χ1n) is 10.1. The molecule has 1 amide bonds. The van der Waals surface area contributed by atoms with Gasteiger partial charge in [-0.3, -0.25) is 14.2 Å². The normalized spacial score (nSPS) is 10.8. The molecule has 1 N–H and O–H groups in total. The van der Waals surface area contributed by atoms with Gasteiger partial charge in [0.05, 0.1) is 36.4 Å². The van der Waals surface area contributed by atoms with Gasteiger partial charge in [-0.25, -0.2) is 4.98 Å². The molecule has 4 aromatic rings. The van der Waals surface area contributed by atoms with Crippen LogP contribution in [0.2, 0.25) is 0 Å². The number of carbonyl (C=O) groups is 1. The van der Waals surface area contributed by atoms with Crippen LogP contribution in [-0.4, -0.2) is 29.7 Å². The number of para-hydroxylation sites is 2. The lowest BCUT2D eigenvalue weighted by molar-refractivity contribution is 0.102. The number of anilines is 1. The summed E-state index contributed by atoms with van der Waals surface area (Å²) in [5.41, 5.74) is 3.01. The molecule has 0 aliphatic rings. The first-order valence-corrected chi connectivity index (χ1v) is 10.1. The summed E-state index contributed by atoms with van der Waals surface area (Å²) in [6.07, 6.45) is 0. The van der Waals surface area contributed by atoms with Gasteiger partial charge in [-0.2, -0.15) is 0 Å². The third-order valence-electron chi connectivity index (χ3n) is 5.31. The van der Waals surface area contributed by atoms with Gasteiger partial charge >= 0.3 is 0 Å². The highest BCUT2D eigenvalue weighted by Gasteiger charge is 2.18. The van der Waals surface area contributed by atoms with Gasteiger partial charge in [-0.1, -0.05) is 18.2 Å². The number of methoxy groups -OCH3 is 2. The lowest BCUT2D eigenvalue weighted by Gasteiger charge is -2.15. The number of carbonyl (C=O) groups excluding carboxylic acids is 1. The molecule has 0 atom stereocenters. The fourth-order valence-electron chi connectivity index (χ4n) is 3.73. The first kappa shape index (κ1) is 21.1. The number of hydrogen-bond donors (Lipinski definition) is 1. The van der Waals surface area contributed by atoms with E-state index in [4.69, 9.17) is 9.47 Å². The van der Waals surface area contributed by atoms with Crippen LogP contribution in [-0.2, 0) is 0 Å². The standard InChI is InChI=1S/C25H23N3O4/c1-15-14-17(28-16(2)26-21-10-6-5-8-18(21)25(28)30)12-13-20(15)27-24(29)19-9-7-11-22(31-3)23(19)32-4/h5-14H,1-4H3,(H,27,29). The summed E-state index contributed by atoms with van der Waals surface area (Å²) in [5.74, 6) is 1.11. The van der Waals surface area contributed by atoms with E-state index in [1.165, 1.54) is 14.2 Å². The van der Waals surface area contributed by atoms with Gasteiger partial charge in [-0.05, 0) is 61.9 Å². The molecule has 0 aliphatic heterocycles. The summed E-state index contributed by atoms with van der Waals surface area (Å²) in [6.45, 7) is 3.67. The number of hydrogen-bond acceptors (Lipinski definition) is 5. The van der Waals surface area contributed by atoms with Crippen molar-refractivity contribution in [3.8, 4) is 17.2 Å². The Morgan fingerprint density at radius 2 is 1.75 bits per heavy atom. The van der Waals surface area contributed by atoms with E-state index < -0.39 is 0 Å². The van der Waals surface area contributed by atoms with Crippen LogP contribution in [0.15, 0.2) is 65.5 Å². The van der Waals surface area contributed by atoms with Crippen LogP contribution < -0.4 is 20.3 Å². The maximum absolute atomic E-state index is 13.1. The van der Waals surface area contributed by atoms with Gasteiger partial charge in [0.15, 0.2) is 11.5 Å². The van der Waals surface area contributed by atoms with Gasteiger partial charge in [0.25, 0.3) is 11.5 Å². The molecule has 0 saturated heterocycles. The number of rotatable bonds is 5. The molecule has 32 heavy (non-hydrogen) atoms. The highest BCUT2D eigenvalue weighted by atomic mass is 16.5. The van der Waals surface area contributed by atoms with Gasteiger partial charge < -0.3 is 14.8 Å². The Kier molecular flexibility index (Phi) is 5.64. The van der Waals surface area contributed by atoms with Gasteiger partial charge in [-0.15, -0.1) is 0 Å². The average molecular weight is 429 g/mol. The van der Waals surface area contributed by atoms with E-state index in [1.54, 1.807) is 47.9 Å². The summed E-state index contributed by atoms with van der Waals surface area (Å²) in [5, 5.41) is 3.47. The van der Waals surface area contributed by atoms with E-state index >= 15 is 0 Å². The molecule has 0 unspecified atom stereocenters. The second-order valence-electron chi connectivity index (χ2n) is 7.31. The van der Waals surface area contributed by atoms with Crippen molar-refractivity contribution in [1.29, 1.82) is 0 Å². The molecular weight excluding hydrogens is 406 g/mol. The third kappa shape index (κ3) is 3.69. The average Bonchev–Trinajstić information content (AvgIpc) is 2.80. The van der Waals surface area contributed by atoms with Crippen LogP contribution >= 0.6 is 0 Å². The molecule has 0 fully saturated rings. The molecule has 0 saturated carbocycles. The molecule has 1 aromatic heterocycles. The van der Waals surface area contributed by atoms with Crippen molar-refractivity contribution in [3.63, 3.8) is 0 Å². The Morgan fingerprint density at radius 1 is 0.969 bits per heavy atom. The summed E-state index contributed by atoms with van der Waals surface area (Å²) in [4.78, 5) is 30.5. The zero-order valence-corrected chi connectivity index (χ0v) is 18.3. The Labute approximate surface area is 185 Å². The molecule has 0 spiro atoms. The Balaban J connectivity index is 1.69. The van der Waals surface area contributed by atoms with Crippen LogP contribution in [0.4, 0.5) is 5.69 Å². The van der Waals surface area contributed by atoms with Crippen LogP contribution in [0, 0.1) is 13.8 Å². The Hall–Kier alpha value is -4.13. The minimum atomic E-state index is -0.322. The molecule has 0 bridgehead atoms. The van der Waals surface area contributed by atoms with Crippen molar-refractivity contribution in [1.82, 2.24) is 9.55 Å². The van der Waals surface area contributed by atoms with E-state index in [9.17, 15) is 9.59 Å². The summed E-state index contributed by atoms with van der Waals surface area (Å²) < 4.78 is 12.2. The molecule has 7 heteroatoms. The molecule has 1 heterocycles. The minimum Gasteiger partial charge on any atom is -0.493 e. The van der Waals surface area contributed by atoms with Crippen molar-refractivity contribution in [2.75, 3.05) is 19.5 Å². The zero-order valence-electron chi connectivity index (χ0n) is 18.3. The van der Waals surface area contributed by atoms with Crippen molar-refractivity contribution in [3.05, 3.63) is 88.0 Å². The number of amides is 1. The van der Waals surface area contributed by atoms with Gasteiger partial charge in [0, 0.05) is 5.69 Å². The molecule has 0 radical (unpaired) electrons. The SMILES string of the molecule is COc1cccc(C(=O)Nc2ccc(-n3c(C)nc4ccccc4c3=O)cc2C)c1OC. The highest BCUT2D eigenvalue weighted by molar-refractivity contribution is 6.07. The number of benzene rings is 3. The lowest BCUT2D eigenvalue weighted by Crippen LogP contribution is -2.22. The van der Waals surface area contributed by atoms with Crippen molar-refractivity contribution in [2.45, 2.75) is 13.8 Å². The van der Waals surface area contributed by atoms with Crippen molar-refractivity contribution in [2.24, 2.45) is 0 Å². The molecule has 0 aliphatic carbocycles. The number of nitrogens with zero attached hydrogens (tertiary/aromatic N) is 2. The smallest absolute Gasteiger partial charge is 0.265 e. The number of ether oxygens (including phenoxy) is 2. The van der Waals surface area contributed by atoms with E-state index in [1.807, 2.05) is 31.2 Å². The number of nitrogens with one attached hydrogen (secondary N) is 1. The first-order chi connectivity index (χ1) is 15.4. The van der Waals surface area contributed by atoms with E-state index in [2.05, 4.69) is 10.3 Å². The minimum absolute atomic E-state index is 0.134. The lowest BCUT2D eigenvalue weighted by atomic mass is 10.1. The molecule has 7 nitrogen and oxygen atoms in total. The van der Waals surface area contributed by atoms with Crippen molar-refractivity contribution < 1.29 is 14.3 Å². The maximum Gasteiger partial charge on any atom is 0.265 e. The third-order valence-corrected chi connectivity index (χ3v) is 5.31. The molecule has 162 valence electrons. The maximum atomic E-state index is 13.1. The monoisotopic (exact) mass is 429 g/mol. The quantitative estimate of drug-likeness (QED) is 0.512. The van der Waals surface area contributed by atoms with E-state index in [0.29, 0.717) is 45.2 Å². The van der Waals surface area contributed by atoms with Crippen LogP contribution in [0.1, 0.15) is 21.7 Å². The second kappa shape index (κ2) is 8.55. The molecular formula is C25H23N3O4. The van der Waals surface area contributed by atoms with Gasteiger partial charge in [0.1, 0.15) is 5.82 Å². The topological polar surface area (TPSA) is 82.5 Å². The number of aromatic nitrogens is 2. The summed E-state index contributed by atoms with van der Waals surface area (Å²) >= 11 is 0. The second-order valence-corrected chi connectivity index (χ2v) is 7.31. The zero-order chi connectivity index (χ0) is 22.8. The van der Waals surface area contributed by atoms with Crippen LogP contribution in [0.25, 0.3) is 16.6 Å². The van der Waals surface area contributed by atoms with Gasteiger partial charge in [0.2, 0.25) is 0 Å². The van der Waals surface area contributed by atoms with E-state index in [0.717, 1.165) is 5.56 Å². The molecule has 4 rings (SSSR count). The molecule has 3 aromatic carbocycles. The predicted octanol–water partition coefficient (Wildman–Crippen LogP) is 4.27. The van der Waals surface area contributed by atoms with Crippen LogP contribution in [0.5, 0.6) is 11.5 Å².